The van der Waals surface area contributed by atoms with E-state index in [0.29, 0.717) is 5.76 Å². The summed E-state index contributed by atoms with van der Waals surface area (Å²) in [4.78, 5) is 17.7. The van der Waals surface area contributed by atoms with Gasteiger partial charge in [0.2, 0.25) is 5.91 Å². The Labute approximate surface area is 176 Å². The van der Waals surface area contributed by atoms with Crippen molar-refractivity contribution in [3.8, 4) is 17.1 Å². The SMILES string of the molecule is COc1ccc(N2CCN(C(=O)C3(c4cc(-c5ccccc5)on4)CC3)CC2)cc1. The van der Waals surface area contributed by atoms with E-state index in [1.54, 1.807) is 7.11 Å². The summed E-state index contributed by atoms with van der Waals surface area (Å²) in [6.07, 6.45) is 1.68. The lowest BCUT2D eigenvalue weighted by atomic mass is 9.99. The minimum absolute atomic E-state index is 0.185. The van der Waals surface area contributed by atoms with Gasteiger partial charge in [0.15, 0.2) is 5.76 Å². The molecule has 3 aromatic rings. The molecule has 2 aromatic carbocycles. The molecule has 154 valence electrons. The zero-order valence-corrected chi connectivity index (χ0v) is 17.1. The highest BCUT2D eigenvalue weighted by molar-refractivity contribution is 5.91. The van der Waals surface area contributed by atoms with E-state index in [1.165, 1.54) is 0 Å². The average Bonchev–Trinajstić information content (AvgIpc) is 3.48. The second-order valence-electron chi connectivity index (χ2n) is 8.00. The Morgan fingerprint density at radius 2 is 1.70 bits per heavy atom. The molecule has 0 bridgehead atoms. The van der Waals surface area contributed by atoms with Crippen molar-refractivity contribution in [2.45, 2.75) is 18.3 Å². The molecule has 2 aliphatic rings. The van der Waals surface area contributed by atoms with Crippen LogP contribution in [0.1, 0.15) is 18.5 Å². The quantitative estimate of drug-likeness (QED) is 0.650. The molecule has 5 rings (SSSR count). The van der Waals surface area contributed by atoms with Crippen molar-refractivity contribution in [3.05, 3.63) is 66.4 Å². The maximum Gasteiger partial charge on any atom is 0.235 e. The van der Waals surface area contributed by atoms with Crippen LogP contribution < -0.4 is 9.64 Å². The van der Waals surface area contributed by atoms with E-state index in [9.17, 15) is 4.79 Å². The molecule has 0 spiro atoms. The minimum Gasteiger partial charge on any atom is -0.497 e. The second kappa shape index (κ2) is 7.52. The molecular weight excluding hydrogens is 378 g/mol. The number of piperazine rings is 1. The van der Waals surface area contributed by atoms with Gasteiger partial charge in [-0.25, -0.2) is 0 Å². The number of amides is 1. The van der Waals surface area contributed by atoms with Gasteiger partial charge in [-0.1, -0.05) is 35.5 Å². The Bertz CT molecular complexity index is 1020. The summed E-state index contributed by atoms with van der Waals surface area (Å²) in [5, 5.41) is 4.28. The van der Waals surface area contributed by atoms with Crippen LogP contribution in [-0.2, 0) is 10.2 Å². The van der Waals surface area contributed by atoms with Gasteiger partial charge in [0.1, 0.15) is 5.75 Å². The molecule has 1 saturated carbocycles. The van der Waals surface area contributed by atoms with Crippen molar-refractivity contribution in [1.29, 1.82) is 0 Å². The van der Waals surface area contributed by atoms with Crippen LogP contribution in [0.3, 0.4) is 0 Å². The monoisotopic (exact) mass is 403 g/mol. The number of anilines is 1. The fourth-order valence-corrected chi connectivity index (χ4v) is 4.21. The Kier molecular flexibility index (Phi) is 4.69. The summed E-state index contributed by atoms with van der Waals surface area (Å²) in [5.74, 6) is 1.75. The van der Waals surface area contributed by atoms with Gasteiger partial charge in [0, 0.05) is 43.5 Å². The number of nitrogens with zero attached hydrogens (tertiary/aromatic N) is 3. The molecule has 0 unspecified atom stereocenters. The standard InChI is InChI=1S/C24H25N3O3/c1-29-20-9-7-19(8-10-20)26-13-15-27(16-14-26)23(28)24(11-12-24)22-17-21(30-25-22)18-5-3-2-4-6-18/h2-10,17H,11-16H2,1H3. The first-order valence-corrected chi connectivity index (χ1v) is 10.4. The number of benzene rings is 2. The normalized spacial score (nSPS) is 17.6. The number of ether oxygens (including phenoxy) is 1. The molecule has 0 radical (unpaired) electrons. The Morgan fingerprint density at radius 1 is 1.00 bits per heavy atom. The number of rotatable bonds is 5. The molecule has 0 N–H and O–H groups in total. The van der Waals surface area contributed by atoms with Crippen LogP contribution in [0.4, 0.5) is 5.69 Å². The van der Waals surface area contributed by atoms with Crippen LogP contribution in [-0.4, -0.2) is 49.3 Å². The number of aromatic nitrogens is 1. The molecule has 2 fully saturated rings. The van der Waals surface area contributed by atoms with Gasteiger partial charge in [0.25, 0.3) is 0 Å². The predicted molar refractivity (Wildman–Crippen MR) is 115 cm³/mol. The zero-order chi connectivity index (χ0) is 20.6. The van der Waals surface area contributed by atoms with Crippen molar-refractivity contribution >= 4 is 11.6 Å². The van der Waals surface area contributed by atoms with Crippen LogP contribution in [0.25, 0.3) is 11.3 Å². The molecule has 6 nitrogen and oxygen atoms in total. The van der Waals surface area contributed by atoms with Gasteiger partial charge >= 0.3 is 0 Å². The van der Waals surface area contributed by atoms with E-state index in [0.717, 1.165) is 61.7 Å². The Hall–Kier alpha value is -3.28. The lowest BCUT2D eigenvalue weighted by Gasteiger charge is -2.37. The lowest BCUT2D eigenvalue weighted by Crippen LogP contribution is -2.51. The van der Waals surface area contributed by atoms with Crippen LogP contribution in [0.15, 0.2) is 65.2 Å². The molecule has 1 aliphatic carbocycles. The van der Waals surface area contributed by atoms with E-state index < -0.39 is 5.41 Å². The first kappa shape index (κ1) is 18.7. The smallest absolute Gasteiger partial charge is 0.235 e. The van der Waals surface area contributed by atoms with E-state index in [2.05, 4.69) is 22.2 Å². The fourth-order valence-electron chi connectivity index (χ4n) is 4.21. The molecule has 1 saturated heterocycles. The largest absolute Gasteiger partial charge is 0.497 e. The molecule has 1 aliphatic heterocycles. The number of carbonyl (C=O) groups is 1. The van der Waals surface area contributed by atoms with Crippen molar-refractivity contribution in [2.75, 3.05) is 38.2 Å². The maximum absolute atomic E-state index is 13.4. The van der Waals surface area contributed by atoms with E-state index in [4.69, 9.17) is 9.26 Å². The summed E-state index contributed by atoms with van der Waals surface area (Å²) in [5.41, 5.74) is 2.41. The van der Waals surface area contributed by atoms with Crippen molar-refractivity contribution in [3.63, 3.8) is 0 Å². The number of methoxy groups -OCH3 is 1. The third-order valence-corrected chi connectivity index (χ3v) is 6.22. The van der Waals surface area contributed by atoms with Crippen molar-refractivity contribution < 1.29 is 14.1 Å². The summed E-state index contributed by atoms with van der Waals surface area (Å²) >= 11 is 0. The van der Waals surface area contributed by atoms with Crippen LogP contribution in [0.2, 0.25) is 0 Å². The molecule has 30 heavy (non-hydrogen) atoms. The highest BCUT2D eigenvalue weighted by Crippen LogP contribution is 2.50. The topological polar surface area (TPSA) is 58.8 Å². The van der Waals surface area contributed by atoms with Gasteiger partial charge in [-0.15, -0.1) is 0 Å². The van der Waals surface area contributed by atoms with E-state index >= 15 is 0 Å². The summed E-state index contributed by atoms with van der Waals surface area (Å²) in [6, 6.07) is 19.9. The maximum atomic E-state index is 13.4. The first-order valence-electron chi connectivity index (χ1n) is 10.4. The van der Waals surface area contributed by atoms with E-state index in [1.807, 2.05) is 53.4 Å². The molecule has 1 aromatic heterocycles. The Balaban J connectivity index is 1.26. The molecule has 1 amide bonds. The summed E-state index contributed by atoms with van der Waals surface area (Å²) in [6.45, 7) is 3.08. The molecule has 2 heterocycles. The fraction of sp³-hybridized carbons (Fsp3) is 0.333. The lowest BCUT2D eigenvalue weighted by molar-refractivity contribution is -0.134. The predicted octanol–water partition coefficient (Wildman–Crippen LogP) is 3.73. The van der Waals surface area contributed by atoms with E-state index in [-0.39, 0.29) is 5.91 Å². The van der Waals surface area contributed by atoms with Gasteiger partial charge in [0.05, 0.1) is 18.2 Å². The van der Waals surface area contributed by atoms with Crippen molar-refractivity contribution in [2.24, 2.45) is 0 Å². The minimum atomic E-state index is -0.501. The van der Waals surface area contributed by atoms with Gasteiger partial charge in [-0.3, -0.25) is 4.79 Å². The zero-order valence-electron chi connectivity index (χ0n) is 17.1. The van der Waals surface area contributed by atoms with Gasteiger partial charge in [-0.2, -0.15) is 0 Å². The summed E-state index contributed by atoms with van der Waals surface area (Å²) in [7, 11) is 1.67. The number of hydrogen-bond acceptors (Lipinski definition) is 5. The number of carbonyl (C=O) groups excluding carboxylic acids is 1. The van der Waals surface area contributed by atoms with Crippen LogP contribution in [0, 0.1) is 0 Å². The number of hydrogen-bond donors (Lipinski definition) is 0. The molecule has 6 heteroatoms. The molecule has 0 atom stereocenters. The third kappa shape index (κ3) is 3.32. The molecular formula is C24H25N3O3. The van der Waals surface area contributed by atoms with Crippen molar-refractivity contribution in [1.82, 2.24) is 10.1 Å². The summed E-state index contributed by atoms with van der Waals surface area (Å²) < 4.78 is 10.8. The Morgan fingerprint density at radius 3 is 2.33 bits per heavy atom. The highest BCUT2D eigenvalue weighted by atomic mass is 16.5. The second-order valence-corrected chi connectivity index (χ2v) is 8.00. The van der Waals surface area contributed by atoms with Crippen LogP contribution >= 0.6 is 0 Å². The van der Waals surface area contributed by atoms with Crippen LogP contribution in [0.5, 0.6) is 5.75 Å². The average molecular weight is 403 g/mol. The highest BCUT2D eigenvalue weighted by Gasteiger charge is 2.55. The first-order chi connectivity index (χ1) is 14.7. The third-order valence-electron chi connectivity index (χ3n) is 6.22. The van der Waals surface area contributed by atoms with Gasteiger partial charge in [-0.05, 0) is 37.1 Å². The van der Waals surface area contributed by atoms with Gasteiger partial charge < -0.3 is 19.1 Å².